The van der Waals surface area contributed by atoms with Crippen molar-refractivity contribution in [2.45, 2.75) is 51.0 Å². The van der Waals surface area contributed by atoms with Crippen molar-refractivity contribution in [3.8, 4) is 5.75 Å². The SMILES string of the molecule is CCCOc1ccc(C(=O)N2C[C@@H]3CNC(=O)[C@@H](C)NC(=O)CN(C)C(=O)[C@@H](Cc4ccccc4)NC(=O)[C@@H](C2)O3)cc1Cl. The highest BCUT2D eigenvalue weighted by molar-refractivity contribution is 6.32. The van der Waals surface area contributed by atoms with Crippen molar-refractivity contribution in [3.63, 3.8) is 0 Å². The highest BCUT2D eigenvalue weighted by Crippen LogP contribution is 2.27. The summed E-state index contributed by atoms with van der Waals surface area (Å²) < 4.78 is 11.7. The average Bonchev–Trinajstić information content (AvgIpc) is 3.01. The number of carbonyl (C=O) groups is 5. The van der Waals surface area contributed by atoms with Gasteiger partial charge >= 0.3 is 0 Å². The van der Waals surface area contributed by atoms with Crippen molar-refractivity contribution in [3.05, 3.63) is 64.7 Å². The van der Waals surface area contributed by atoms with Crippen LogP contribution in [0.4, 0.5) is 0 Å². The molecule has 236 valence electrons. The summed E-state index contributed by atoms with van der Waals surface area (Å²) in [6.07, 6.45) is -0.937. The van der Waals surface area contributed by atoms with Crippen molar-refractivity contribution in [2.24, 2.45) is 0 Å². The van der Waals surface area contributed by atoms with E-state index >= 15 is 0 Å². The van der Waals surface area contributed by atoms with Gasteiger partial charge in [0.1, 0.15) is 17.8 Å². The minimum absolute atomic E-state index is 0.0244. The van der Waals surface area contributed by atoms with E-state index in [4.69, 9.17) is 21.1 Å². The third-order valence-electron chi connectivity index (χ3n) is 7.32. The molecule has 0 saturated carbocycles. The molecule has 5 amide bonds. The molecule has 4 atom stereocenters. The average molecular weight is 628 g/mol. The monoisotopic (exact) mass is 627 g/mol. The van der Waals surface area contributed by atoms with Crippen LogP contribution in [0.25, 0.3) is 0 Å². The number of rotatable bonds is 6. The van der Waals surface area contributed by atoms with Crippen LogP contribution in [0.2, 0.25) is 5.02 Å². The largest absolute Gasteiger partial charge is 0.492 e. The maximum Gasteiger partial charge on any atom is 0.254 e. The van der Waals surface area contributed by atoms with E-state index in [0.29, 0.717) is 17.9 Å². The Morgan fingerprint density at radius 2 is 1.80 bits per heavy atom. The lowest BCUT2D eigenvalue weighted by atomic mass is 10.0. The fourth-order valence-corrected chi connectivity index (χ4v) is 5.24. The van der Waals surface area contributed by atoms with Gasteiger partial charge in [0.2, 0.25) is 17.7 Å². The van der Waals surface area contributed by atoms with E-state index in [9.17, 15) is 24.0 Å². The fraction of sp³-hybridized carbons (Fsp3) is 0.452. The van der Waals surface area contributed by atoms with Crippen molar-refractivity contribution >= 4 is 41.1 Å². The number of carbonyl (C=O) groups excluding carboxylic acids is 5. The molecule has 2 aromatic rings. The van der Waals surface area contributed by atoms with Gasteiger partial charge in [-0.2, -0.15) is 0 Å². The second kappa shape index (κ2) is 15.0. The van der Waals surface area contributed by atoms with E-state index in [-0.39, 0.29) is 43.5 Å². The third-order valence-corrected chi connectivity index (χ3v) is 7.61. The van der Waals surface area contributed by atoms with E-state index in [1.54, 1.807) is 12.1 Å². The van der Waals surface area contributed by atoms with Crippen molar-refractivity contribution in [2.75, 3.05) is 39.8 Å². The second-order valence-corrected chi connectivity index (χ2v) is 11.3. The van der Waals surface area contributed by atoms with E-state index in [2.05, 4.69) is 16.0 Å². The summed E-state index contributed by atoms with van der Waals surface area (Å²) in [5, 5.41) is 8.38. The van der Waals surface area contributed by atoms with Crippen molar-refractivity contribution < 1.29 is 33.4 Å². The first-order chi connectivity index (χ1) is 21.0. The number of halogens is 1. The summed E-state index contributed by atoms with van der Waals surface area (Å²) in [5.74, 6) is -2.03. The van der Waals surface area contributed by atoms with Gasteiger partial charge in [-0.05, 0) is 37.1 Å². The lowest BCUT2D eigenvalue weighted by Gasteiger charge is -2.38. The molecule has 2 aliphatic rings. The zero-order valence-electron chi connectivity index (χ0n) is 25.0. The molecule has 0 unspecified atom stereocenters. The van der Waals surface area contributed by atoms with Crippen LogP contribution in [0, 0.1) is 0 Å². The molecule has 3 N–H and O–H groups in total. The van der Waals surface area contributed by atoms with Crippen LogP contribution in [0.15, 0.2) is 48.5 Å². The number of hydrogen-bond acceptors (Lipinski definition) is 7. The van der Waals surface area contributed by atoms with Gasteiger partial charge in [0.25, 0.3) is 11.8 Å². The van der Waals surface area contributed by atoms with Crippen LogP contribution in [-0.4, -0.2) is 103 Å². The number of likely N-dealkylation sites (N-methyl/N-ethyl adjacent to an activating group) is 1. The molecule has 2 heterocycles. The maximum absolute atomic E-state index is 13.7. The molecule has 2 fully saturated rings. The number of ether oxygens (including phenoxy) is 2. The zero-order chi connectivity index (χ0) is 31.8. The first-order valence-corrected chi connectivity index (χ1v) is 15.0. The number of hydrogen-bond donors (Lipinski definition) is 3. The van der Waals surface area contributed by atoms with Crippen LogP contribution >= 0.6 is 11.6 Å². The van der Waals surface area contributed by atoms with Crippen molar-refractivity contribution in [1.82, 2.24) is 25.8 Å². The quantitative estimate of drug-likeness (QED) is 0.436. The van der Waals surface area contributed by atoms with Crippen LogP contribution in [0.3, 0.4) is 0 Å². The standard InChI is InChI=1S/C31H38ClN5O7/c1-4-12-43-25-11-10-21(14-23(25)32)30(41)37-16-22-15-33-28(39)19(2)34-27(38)18-36(3)31(42)24(13-20-8-6-5-7-9-20)35-29(40)26(17-37)44-22/h5-11,14,19,22,24,26H,4,12-13,15-18H2,1-3H3,(H,33,39)(H,34,38)(H,35,40)/t19-,22+,24-,26-/m1/s1. The summed E-state index contributed by atoms with van der Waals surface area (Å²) in [4.78, 5) is 68.8. The highest BCUT2D eigenvalue weighted by Gasteiger charge is 2.37. The Bertz CT molecular complexity index is 1370. The third kappa shape index (κ3) is 8.48. The molecule has 12 nitrogen and oxygen atoms in total. The van der Waals surface area contributed by atoms with Crippen LogP contribution in [-0.2, 0) is 30.3 Å². The van der Waals surface area contributed by atoms with Gasteiger partial charge in [-0.1, -0.05) is 48.9 Å². The van der Waals surface area contributed by atoms with Gasteiger partial charge in [-0.25, -0.2) is 0 Å². The Kier molecular flexibility index (Phi) is 11.2. The van der Waals surface area contributed by atoms with Crippen molar-refractivity contribution in [1.29, 1.82) is 0 Å². The normalized spacial score (nSPS) is 23.5. The Morgan fingerprint density at radius 3 is 2.50 bits per heavy atom. The van der Waals surface area contributed by atoms with Gasteiger partial charge in [0.05, 0.1) is 30.8 Å². The number of nitrogens with zero attached hydrogens (tertiary/aromatic N) is 2. The molecule has 2 bridgehead atoms. The summed E-state index contributed by atoms with van der Waals surface area (Å²) in [7, 11) is 1.45. The van der Waals surface area contributed by atoms with Gasteiger partial charge in [-0.3, -0.25) is 24.0 Å². The molecule has 44 heavy (non-hydrogen) atoms. The molecule has 0 aromatic heterocycles. The molecule has 0 radical (unpaired) electrons. The van der Waals surface area contributed by atoms with E-state index < -0.39 is 47.9 Å². The fourth-order valence-electron chi connectivity index (χ4n) is 5.00. The number of benzene rings is 2. The molecule has 0 spiro atoms. The smallest absolute Gasteiger partial charge is 0.254 e. The highest BCUT2D eigenvalue weighted by atomic mass is 35.5. The van der Waals surface area contributed by atoms with Crippen LogP contribution < -0.4 is 20.7 Å². The number of nitrogens with one attached hydrogen (secondary N) is 3. The van der Waals surface area contributed by atoms with Gasteiger partial charge in [0.15, 0.2) is 6.10 Å². The summed E-state index contributed by atoms with van der Waals surface area (Å²) >= 11 is 6.38. The molecule has 2 aromatic carbocycles. The molecule has 0 aliphatic carbocycles. The molecule has 4 rings (SSSR count). The van der Waals surface area contributed by atoms with Crippen LogP contribution in [0.5, 0.6) is 5.75 Å². The Labute approximate surface area is 261 Å². The van der Waals surface area contributed by atoms with Crippen LogP contribution in [0.1, 0.15) is 36.2 Å². The van der Waals surface area contributed by atoms with Gasteiger partial charge in [0, 0.05) is 32.1 Å². The van der Waals surface area contributed by atoms with Gasteiger partial charge in [-0.15, -0.1) is 0 Å². The van der Waals surface area contributed by atoms with E-state index in [0.717, 1.165) is 12.0 Å². The summed E-state index contributed by atoms with van der Waals surface area (Å²) in [5.41, 5.74) is 1.09. The summed E-state index contributed by atoms with van der Waals surface area (Å²) in [6.45, 7) is 3.61. The molecule has 2 saturated heterocycles. The molecular formula is C31H38ClN5O7. The predicted octanol–water partition coefficient (Wildman–Crippen LogP) is 1.16. The number of amides is 5. The second-order valence-electron chi connectivity index (χ2n) is 10.9. The first-order valence-electron chi connectivity index (χ1n) is 14.6. The topological polar surface area (TPSA) is 146 Å². The predicted molar refractivity (Wildman–Crippen MR) is 162 cm³/mol. The molecule has 13 heteroatoms. The maximum atomic E-state index is 13.7. The minimum Gasteiger partial charge on any atom is -0.492 e. The molecule has 2 aliphatic heterocycles. The van der Waals surface area contributed by atoms with E-state index in [1.165, 1.54) is 29.8 Å². The number of fused-ring (bicyclic) bond motifs is 2. The van der Waals surface area contributed by atoms with E-state index in [1.807, 2.05) is 37.3 Å². The lowest BCUT2D eigenvalue weighted by Crippen LogP contribution is -2.59. The molecular weight excluding hydrogens is 590 g/mol. The first kappa shape index (κ1) is 32.7. The Hall–Kier alpha value is -4.16. The zero-order valence-corrected chi connectivity index (χ0v) is 25.8. The minimum atomic E-state index is -1.14. The number of morpholine rings is 1. The Balaban J connectivity index is 1.61. The summed E-state index contributed by atoms with van der Waals surface area (Å²) in [6, 6.07) is 12.0. The Morgan fingerprint density at radius 1 is 1.05 bits per heavy atom. The lowest BCUT2D eigenvalue weighted by molar-refractivity contribution is -0.148. The van der Waals surface area contributed by atoms with Gasteiger partial charge < -0.3 is 35.2 Å².